The number of hydrogen-bond donors (Lipinski definition) is 1. The number of nitrogens with one attached hydrogen (secondary N) is 1. The average molecular weight is 200 g/mol. The fourth-order valence-corrected chi connectivity index (χ4v) is 0.948. The van der Waals surface area contributed by atoms with Gasteiger partial charge in [0.25, 0.3) is 0 Å². The van der Waals surface area contributed by atoms with Gasteiger partial charge in [-0.25, -0.2) is 4.98 Å². The van der Waals surface area contributed by atoms with Crippen molar-refractivity contribution in [2.24, 2.45) is 0 Å². The van der Waals surface area contributed by atoms with E-state index in [0.29, 0.717) is 23.8 Å². The van der Waals surface area contributed by atoms with Gasteiger partial charge in [-0.1, -0.05) is 18.5 Å². The summed E-state index contributed by atoms with van der Waals surface area (Å²) in [5.74, 6) is -0.0262. The van der Waals surface area contributed by atoms with Crippen LogP contribution in [0.25, 0.3) is 0 Å². The highest BCUT2D eigenvalue weighted by atomic mass is 35.5. The van der Waals surface area contributed by atoms with Crippen LogP contribution in [0.5, 0.6) is 0 Å². The maximum Gasteiger partial charge on any atom is 0.220 e. The van der Waals surface area contributed by atoms with Crippen molar-refractivity contribution in [3.63, 3.8) is 0 Å². The predicted molar refractivity (Wildman–Crippen MR) is 49.2 cm³/mol. The van der Waals surface area contributed by atoms with E-state index in [2.05, 4.69) is 15.3 Å². The SMILES string of the molecule is CCC(=O)NCc1nccnc1Cl. The number of carbonyl (C=O) groups excluding carboxylic acids is 1. The average Bonchev–Trinajstić information content (AvgIpc) is 2.16. The van der Waals surface area contributed by atoms with Crippen LogP contribution in [0.4, 0.5) is 0 Å². The molecule has 0 fully saturated rings. The van der Waals surface area contributed by atoms with Crippen LogP contribution in [0.2, 0.25) is 5.15 Å². The smallest absolute Gasteiger partial charge is 0.220 e. The first-order valence-corrected chi connectivity index (χ1v) is 4.34. The lowest BCUT2D eigenvalue weighted by atomic mass is 10.4. The van der Waals surface area contributed by atoms with Gasteiger partial charge in [0.2, 0.25) is 5.91 Å². The van der Waals surface area contributed by atoms with Crippen molar-refractivity contribution in [1.82, 2.24) is 15.3 Å². The van der Waals surface area contributed by atoms with E-state index in [1.54, 1.807) is 13.1 Å². The Morgan fingerprint density at radius 1 is 1.54 bits per heavy atom. The molecule has 0 unspecified atom stereocenters. The number of halogens is 1. The number of hydrogen-bond acceptors (Lipinski definition) is 3. The molecule has 1 amide bonds. The summed E-state index contributed by atoms with van der Waals surface area (Å²) in [6.45, 7) is 2.12. The number of nitrogens with zero attached hydrogens (tertiary/aromatic N) is 2. The van der Waals surface area contributed by atoms with Gasteiger partial charge in [0.15, 0.2) is 5.15 Å². The first kappa shape index (κ1) is 9.92. The van der Waals surface area contributed by atoms with E-state index in [1.165, 1.54) is 6.20 Å². The second-order valence-corrected chi connectivity index (χ2v) is 2.78. The van der Waals surface area contributed by atoms with E-state index >= 15 is 0 Å². The van der Waals surface area contributed by atoms with Crippen LogP contribution < -0.4 is 5.32 Å². The molecule has 0 aliphatic heterocycles. The molecule has 0 spiro atoms. The molecule has 0 aliphatic carbocycles. The van der Waals surface area contributed by atoms with Gasteiger partial charge in [-0.2, -0.15) is 0 Å². The molecule has 1 rings (SSSR count). The molecule has 0 saturated heterocycles. The second kappa shape index (κ2) is 4.77. The van der Waals surface area contributed by atoms with E-state index in [4.69, 9.17) is 11.6 Å². The quantitative estimate of drug-likeness (QED) is 0.795. The van der Waals surface area contributed by atoms with Crippen molar-refractivity contribution in [3.05, 3.63) is 23.2 Å². The summed E-state index contributed by atoms with van der Waals surface area (Å²) in [5.41, 5.74) is 0.589. The van der Waals surface area contributed by atoms with Gasteiger partial charge in [-0.05, 0) is 0 Å². The fraction of sp³-hybridized carbons (Fsp3) is 0.375. The molecular formula is C8H10ClN3O. The Kier molecular flexibility index (Phi) is 3.64. The lowest BCUT2D eigenvalue weighted by molar-refractivity contribution is -0.120. The maximum atomic E-state index is 10.9. The number of aromatic nitrogens is 2. The van der Waals surface area contributed by atoms with Gasteiger partial charge in [0.05, 0.1) is 12.2 Å². The Hall–Kier alpha value is -1.16. The van der Waals surface area contributed by atoms with Crippen molar-refractivity contribution >= 4 is 17.5 Å². The molecule has 0 aromatic carbocycles. The normalized spacial score (nSPS) is 9.69. The third kappa shape index (κ3) is 2.99. The Morgan fingerprint density at radius 3 is 2.85 bits per heavy atom. The minimum Gasteiger partial charge on any atom is -0.350 e. The van der Waals surface area contributed by atoms with Crippen LogP contribution >= 0.6 is 11.6 Å². The van der Waals surface area contributed by atoms with E-state index < -0.39 is 0 Å². The van der Waals surface area contributed by atoms with Crippen LogP contribution in [-0.2, 0) is 11.3 Å². The van der Waals surface area contributed by atoms with Crippen molar-refractivity contribution < 1.29 is 4.79 Å². The molecular weight excluding hydrogens is 190 g/mol. The first-order chi connectivity index (χ1) is 6.24. The summed E-state index contributed by atoms with van der Waals surface area (Å²) < 4.78 is 0. The highest BCUT2D eigenvalue weighted by Gasteiger charge is 2.02. The van der Waals surface area contributed by atoms with Gasteiger partial charge in [-0.3, -0.25) is 9.78 Å². The molecule has 1 N–H and O–H groups in total. The fourth-order valence-electron chi connectivity index (χ4n) is 0.776. The van der Waals surface area contributed by atoms with Crippen LogP contribution in [0.1, 0.15) is 19.0 Å². The van der Waals surface area contributed by atoms with Crippen molar-refractivity contribution in [1.29, 1.82) is 0 Å². The minimum absolute atomic E-state index is 0.0262. The third-order valence-corrected chi connectivity index (χ3v) is 1.81. The molecule has 0 aliphatic rings. The molecule has 13 heavy (non-hydrogen) atoms. The maximum absolute atomic E-state index is 10.9. The van der Waals surface area contributed by atoms with Gasteiger partial charge >= 0.3 is 0 Å². The Morgan fingerprint density at radius 2 is 2.23 bits per heavy atom. The van der Waals surface area contributed by atoms with Crippen LogP contribution in [0, 0.1) is 0 Å². The summed E-state index contributed by atoms with van der Waals surface area (Å²) in [6.07, 6.45) is 3.50. The molecule has 0 atom stereocenters. The van der Waals surface area contributed by atoms with E-state index in [-0.39, 0.29) is 5.91 Å². The zero-order valence-corrected chi connectivity index (χ0v) is 8.01. The molecule has 70 valence electrons. The van der Waals surface area contributed by atoms with Crippen LogP contribution in [0.15, 0.2) is 12.4 Å². The number of carbonyl (C=O) groups is 1. The summed E-state index contributed by atoms with van der Waals surface area (Å²) in [6, 6.07) is 0. The lowest BCUT2D eigenvalue weighted by Crippen LogP contribution is -2.22. The summed E-state index contributed by atoms with van der Waals surface area (Å²) in [5, 5.41) is 3.00. The zero-order chi connectivity index (χ0) is 9.68. The van der Waals surface area contributed by atoms with E-state index in [1.807, 2.05) is 0 Å². The third-order valence-electron chi connectivity index (χ3n) is 1.50. The van der Waals surface area contributed by atoms with Gasteiger partial charge in [0, 0.05) is 18.8 Å². The highest BCUT2D eigenvalue weighted by Crippen LogP contribution is 2.07. The van der Waals surface area contributed by atoms with Crippen molar-refractivity contribution in [2.45, 2.75) is 19.9 Å². The molecule has 5 heteroatoms. The molecule has 0 bridgehead atoms. The number of amides is 1. The van der Waals surface area contributed by atoms with Gasteiger partial charge in [-0.15, -0.1) is 0 Å². The standard InChI is InChI=1S/C8H10ClN3O/c1-2-7(13)12-5-6-8(9)11-4-3-10-6/h3-4H,2,5H2,1H3,(H,12,13). The molecule has 1 aromatic rings. The zero-order valence-electron chi connectivity index (χ0n) is 7.25. The highest BCUT2D eigenvalue weighted by molar-refractivity contribution is 6.29. The number of rotatable bonds is 3. The van der Waals surface area contributed by atoms with E-state index in [9.17, 15) is 4.79 Å². The monoisotopic (exact) mass is 199 g/mol. The topological polar surface area (TPSA) is 54.9 Å². The Bertz CT molecular complexity index is 303. The molecule has 1 aromatic heterocycles. The summed E-state index contributed by atoms with van der Waals surface area (Å²) in [7, 11) is 0. The minimum atomic E-state index is -0.0262. The van der Waals surface area contributed by atoms with Gasteiger partial charge < -0.3 is 5.32 Å². The molecule has 0 radical (unpaired) electrons. The Labute approximate surface area is 81.3 Å². The van der Waals surface area contributed by atoms with Gasteiger partial charge in [0.1, 0.15) is 0 Å². The predicted octanol–water partition coefficient (Wildman–Crippen LogP) is 1.16. The second-order valence-electron chi connectivity index (χ2n) is 2.42. The molecule has 0 saturated carbocycles. The van der Waals surface area contributed by atoms with Crippen molar-refractivity contribution in [3.8, 4) is 0 Å². The summed E-state index contributed by atoms with van der Waals surface area (Å²) in [4.78, 5) is 18.7. The first-order valence-electron chi connectivity index (χ1n) is 3.96. The van der Waals surface area contributed by atoms with Crippen LogP contribution in [-0.4, -0.2) is 15.9 Å². The Balaban J connectivity index is 2.54. The largest absolute Gasteiger partial charge is 0.350 e. The molecule has 4 nitrogen and oxygen atoms in total. The summed E-state index contributed by atoms with van der Waals surface area (Å²) >= 11 is 5.73. The van der Waals surface area contributed by atoms with E-state index in [0.717, 1.165) is 0 Å². The molecule has 1 heterocycles. The van der Waals surface area contributed by atoms with Crippen LogP contribution in [0.3, 0.4) is 0 Å². The van der Waals surface area contributed by atoms with Crippen molar-refractivity contribution in [2.75, 3.05) is 0 Å². The lowest BCUT2D eigenvalue weighted by Gasteiger charge is -2.03.